The normalized spacial score (nSPS) is 33.0. The van der Waals surface area contributed by atoms with Crippen molar-refractivity contribution in [3.05, 3.63) is 0 Å². The van der Waals surface area contributed by atoms with Crippen LogP contribution in [-0.4, -0.2) is 33.5 Å². The van der Waals surface area contributed by atoms with E-state index in [1.807, 2.05) is 0 Å². The first-order valence-corrected chi connectivity index (χ1v) is 4.99. The Morgan fingerprint density at radius 3 is 2.54 bits per heavy atom. The Hall–Kier alpha value is -0.120. The summed E-state index contributed by atoms with van der Waals surface area (Å²) in [7, 11) is 1.69. The lowest BCUT2D eigenvalue weighted by Crippen LogP contribution is -2.45. The van der Waals surface area contributed by atoms with E-state index in [2.05, 4.69) is 6.92 Å². The van der Waals surface area contributed by atoms with Gasteiger partial charge in [0.25, 0.3) is 0 Å². The van der Waals surface area contributed by atoms with Gasteiger partial charge in [-0.25, -0.2) is 0 Å². The average molecular weight is 187 g/mol. The molecule has 0 aromatic carbocycles. The molecule has 78 valence electrons. The molecule has 0 unspecified atom stereocenters. The fourth-order valence-corrected chi connectivity index (χ4v) is 2.19. The summed E-state index contributed by atoms with van der Waals surface area (Å²) in [6, 6.07) is 0. The lowest BCUT2D eigenvalue weighted by atomic mass is 9.63. The van der Waals surface area contributed by atoms with Crippen LogP contribution in [0, 0.1) is 11.3 Å². The van der Waals surface area contributed by atoms with E-state index in [9.17, 15) is 0 Å². The topological polar surface area (TPSA) is 44.5 Å². The molecule has 0 bridgehead atoms. The van der Waals surface area contributed by atoms with Gasteiger partial charge in [0.1, 0.15) is 0 Å². The van der Waals surface area contributed by atoms with Gasteiger partial charge < -0.3 is 15.2 Å². The van der Waals surface area contributed by atoms with Gasteiger partial charge >= 0.3 is 0 Å². The minimum Gasteiger partial charge on any atom is -0.382 e. The second kappa shape index (κ2) is 4.94. The van der Waals surface area contributed by atoms with Crippen LogP contribution in [0.2, 0.25) is 0 Å². The summed E-state index contributed by atoms with van der Waals surface area (Å²) < 4.78 is 10.4. The summed E-state index contributed by atoms with van der Waals surface area (Å²) in [4.78, 5) is 0. The van der Waals surface area contributed by atoms with E-state index in [0.29, 0.717) is 13.2 Å². The number of rotatable bonds is 6. The van der Waals surface area contributed by atoms with E-state index in [0.717, 1.165) is 19.1 Å². The maximum absolute atomic E-state index is 5.73. The molecule has 0 radical (unpaired) electrons. The zero-order valence-electron chi connectivity index (χ0n) is 8.71. The van der Waals surface area contributed by atoms with Gasteiger partial charge in [0.05, 0.1) is 19.8 Å². The van der Waals surface area contributed by atoms with Gasteiger partial charge in [-0.2, -0.15) is 0 Å². The molecule has 0 saturated heterocycles. The van der Waals surface area contributed by atoms with Crippen molar-refractivity contribution in [3.8, 4) is 0 Å². The number of ether oxygens (including phenoxy) is 2. The molecule has 0 heterocycles. The lowest BCUT2D eigenvalue weighted by Gasteiger charge is -2.45. The van der Waals surface area contributed by atoms with E-state index in [1.165, 1.54) is 12.8 Å². The van der Waals surface area contributed by atoms with Crippen LogP contribution in [0.1, 0.15) is 19.8 Å². The molecule has 3 heteroatoms. The van der Waals surface area contributed by atoms with Crippen molar-refractivity contribution in [1.29, 1.82) is 0 Å². The molecule has 1 aliphatic carbocycles. The molecule has 0 aromatic heterocycles. The molecule has 0 aliphatic heterocycles. The minimum atomic E-state index is 0.285. The third kappa shape index (κ3) is 2.93. The zero-order valence-corrected chi connectivity index (χ0v) is 8.71. The van der Waals surface area contributed by atoms with Gasteiger partial charge in [0, 0.05) is 19.1 Å². The van der Waals surface area contributed by atoms with Crippen molar-refractivity contribution in [1.82, 2.24) is 0 Å². The predicted octanol–water partition coefficient (Wildman–Crippen LogP) is 1.02. The van der Waals surface area contributed by atoms with Gasteiger partial charge in [0.15, 0.2) is 0 Å². The number of hydrogen-bond acceptors (Lipinski definition) is 3. The SMILES string of the molecule is COCCOCC1(CN)CC(C)C1. The van der Waals surface area contributed by atoms with Crippen molar-refractivity contribution >= 4 is 0 Å². The zero-order chi connectivity index (χ0) is 9.73. The highest BCUT2D eigenvalue weighted by Gasteiger charge is 2.40. The summed E-state index contributed by atoms with van der Waals surface area (Å²) in [5, 5.41) is 0. The van der Waals surface area contributed by atoms with E-state index >= 15 is 0 Å². The molecule has 1 saturated carbocycles. The van der Waals surface area contributed by atoms with Crippen LogP contribution < -0.4 is 5.73 Å². The molecule has 1 aliphatic rings. The summed E-state index contributed by atoms with van der Waals surface area (Å²) in [6.45, 7) is 5.19. The molecule has 0 aromatic rings. The molecule has 0 spiro atoms. The smallest absolute Gasteiger partial charge is 0.0700 e. The molecule has 13 heavy (non-hydrogen) atoms. The van der Waals surface area contributed by atoms with Crippen molar-refractivity contribution in [2.24, 2.45) is 17.1 Å². The third-order valence-electron chi connectivity index (χ3n) is 2.84. The van der Waals surface area contributed by atoms with Crippen LogP contribution in [-0.2, 0) is 9.47 Å². The molecular formula is C10H21NO2. The van der Waals surface area contributed by atoms with Crippen LogP contribution in [0.15, 0.2) is 0 Å². The average Bonchev–Trinajstić information content (AvgIpc) is 2.08. The quantitative estimate of drug-likeness (QED) is 0.631. The minimum absolute atomic E-state index is 0.285. The van der Waals surface area contributed by atoms with Gasteiger partial charge in [-0.3, -0.25) is 0 Å². The van der Waals surface area contributed by atoms with Crippen LogP contribution in [0.5, 0.6) is 0 Å². The van der Waals surface area contributed by atoms with Crippen molar-refractivity contribution in [3.63, 3.8) is 0 Å². The molecule has 0 atom stereocenters. The number of hydrogen-bond donors (Lipinski definition) is 1. The summed E-state index contributed by atoms with van der Waals surface area (Å²) in [6.07, 6.45) is 2.44. The Kier molecular flexibility index (Phi) is 4.16. The van der Waals surface area contributed by atoms with Gasteiger partial charge in [-0.15, -0.1) is 0 Å². The van der Waals surface area contributed by atoms with Gasteiger partial charge in [0.2, 0.25) is 0 Å². The first kappa shape index (κ1) is 11.0. The summed E-state index contributed by atoms with van der Waals surface area (Å²) in [5.41, 5.74) is 6.02. The highest BCUT2D eigenvalue weighted by molar-refractivity contribution is 4.92. The van der Waals surface area contributed by atoms with E-state index in [1.54, 1.807) is 7.11 Å². The third-order valence-corrected chi connectivity index (χ3v) is 2.84. The monoisotopic (exact) mass is 187 g/mol. The molecule has 2 N–H and O–H groups in total. The fraction of sp³-hybridized carbons (Fsp3) is 1.00. The number of methoxy groups -OCH3 is 1. The Labute approximate surface area is 80.6 Å². The fourth-order valence-electron chi connectivity index (χ4n) is 2.19. The van der Waals surface area contributed by atoms with Gasteiger partial charge in [-0.05, 0) is 18.8 Å². The lowest BCUT2D eigenvalue weighted by molar-refractivity contribution is -0.0403. The van der Waals surface area contributed by atoms with Crippen LogP contribution in [0.4, 0.5) is 0 Å². The van der Waals surface area contributed by atoms with Crippen LogP contribution in [0.25, 0.3) is 0 Å². The standard InChI is InChI=1S/C10H21NO2/c1-9-5-10(6-9,7-11)8-13-4-3-12-2/h9H,3-8,11H2,1-2H3. The highest BCUT2D eigenvalue weighted by atomic mass is 16.5. The van der Waals surface area contributed by atoms with Crippen molar-refractivity contribution in [2.75, 3.05) is 33.5 Å². The molecule has 1 rings (SSSR count). The first-order valence-electron chi connectivity index (χ1n) is 4.99. The van der Waals surface area contributed by atoms with E-state index in [-0.39, 0.29) is 5.41 Å². The second-order valence-electron chi connectivity index (χ2n) is 4.26. The van der Waals surface area contributed by atoms with E-state index in [4.69, 9.17) is 15.2 Å². The van der Waals surface area contributed by atoms with Crippen LogP contribution in [0.3, 0.4) is 0 Å². The van der Waals surface area contributed by atoms with Crippen molar-refractivity contribution in [2.45, 2.75) is 19.8 Å². The predicted molar refractivity (Wildman–Crippen MR) is 52.6 cm³/mol. The van der Waals surface area contributed by atoms with Gasteiger partial charge in [-0.1, -0.05) is 6.92 Å². The number of nitrogens with two attached hydrogens (primary N) is 1. The Balaban J connectivity index is 2.11. The molecular weight excluding hydrogens is 166 g/mol. The van der Waals surface area contributed by atoms with Crippen molar-refractivity contribution < 1.29 is 9.47 Å². The Bertz CT molecular complexity index is 144. The summed E-state index contributed by atoms with van der Waals surface area (Å²) in [5.74, 6) is 0.828. The first-order chi connectivity index (χ1) is 6.22. The largest absolute Gasteiger partial charge is 0.382 e. The van der Waals surface area contributed by atoms with Crippen LogP contribution >= 0.6 is 0 Å². The molecule has 3 nitrogen and oxygen atoms in total. The second-order valence-corrected chi connectivity index (χ2v) is 4.26. The summed E-state index contributed by atoms with van der Waals surface area (Å²) >= 11 is 0. The maximum Gasteiger partial charge on any atom is 0.0700 e. The molecule has 0 amide bonds. The Morgan fingerprint density at radius 2 is 2.08 bits per heavy atom. The highest BCUT2D eigenvalue weighted by Crippen LogP contribution is 2.44. The molecule has 1 fully saturated rings. The maximum atomic E-state index is 5.73. The van der Waals surface area contributed by atoms with E-state index < -0.39 is 0 Å². The Morgan fingerprint density at radius 1 is 1.38 bits per heavy atom.